The van der Waals surface area contributed by atoms with Crippen LogP contribution >= 0.6 is 0 Å². The molecule has 44 heavy (non-hydrogen) atoms. The highest BCUT2D eigenvalue weighted by Gasteiger charge is 2.46. The second kappa shape index (κ2) is 11.8. The number of amides is 2. The lowest BCUT2D eigenvalue weighted by atomic mass is 9.75. The molecule has 6 heteroatoms. The molecule has 220 valence electrons. The summed E-state index contributed by atoms with van der Waals surface area (Å²) >= 11 is 0. The number of aromatic nitrogens is 2. The molecule has 0 saturated carbocycles. The van der Waals surface area contributed by atoms with Crippen LogP contribution in [0.2, 0.25) is 0 Å². The third-order valence-electron chi connectivity index (χ3n) is 8.52. The van der Waals surface area contributed by atoms with Crippen LogP contribution in [-0.2, 0) is 11.1 Å². The smallest absolute Gasteiger partial charge is 0.318 e. The Hall–Kier alpha value is -5.20. The minimum absolute atomic E-state index is 0.227. The van der Waals surface area contributed by atoms with Crippen molar-refractivity contribution in [1.29, 1.82) is 0 Å². The Morgan fingerprint density at radius 1 is 0.727 bits per heavy atom. The molecule has 0 aliphatic carbocycles. The number of carbonyl (C=O) groups excluding carboxylic acids is 1. The molecular weight excluding hydrogens is 544 g/mol. The van der Waals surface area contributed by atoms with Gasteiger partial charge in [0.15, 0.2) is 0 Å². The number of fused-ring (bicyclic) bond motifs is 1. The zero-order valence-electron chi connectivity index (χ0n) is 25.1. The summed E-state index contributed by atoms with van der Waals surface area (Å²) in [6.45, 7) is 4.05. The van der Waals surface area contributed by atoms with E-state index in [-0.39, 0.29) is 11.9 Å². The van der Waals surface area contributed by atoms with E-state index >= 15 is 0 Å². The molecule has 6 rings (SSSR count). The first-order valence-corrected chi connectivity index (χ1v) is 14.8. The number of anilines is 1. The number of urea groups is 1. The highest BCUT2D eigenvalue weighted by Crippen LogP contribution is 2.45. The summed E-state index contributed by atoms with van der Waals surface area (Å²) in [5.74, 6) is 0.316. The van der Waals surface area contributed by atoms with Gasteiger partial charge in [0.05, 0.1) is 0 Å². The summed E-state index contributed by atoms with van der Waals surface area (Å²) in [5.41, 5.74) is 2.32. The summed E-state index contributed by atoms with van der Waals surface area (Å²) in [4.78, 5) is 16.8. The van der Waals surface area contributed by atoms with Gasteiger partial charge in [-0.1, -0.05) is 123 Å². The van der Waals surface area contributed by atoms with E-state index in [9.17, 15) is 9.90 Å². The Kier molecular flexibility index (Phi) is 7.77. The SMILES string of the molecule is CNC(=O)Nc1ccc2cc(C(O)(c3nccn3C(c3ccccc3)(c3ccccc3)c3ccccc3)C(C)C)ccc2c1. The number of hydrogen-bond donors (Lipinski definition) is 3. The predicted molar refractivity (Wildman–Crippen MR) is 177 cm³/mol. The lowest BCUT2D eigenvalue weighted by molar-refractivity contribution is 0.0180. The Bertz CT molecular complexity index is 1790. The van der Waals surface area contributed by atoms with Crippen LogP contribution in [0.1, 0.15) is 41.9 Å². The second-order valence-electron chi connectivity index (χ2n) is 11.3. The van der Waals surface area contributed by atoms with Gasteiger partial charge in [-0.3, -0.25) is 0 Å². The Balaban J connectivity index is 1.60. The van der Waals surface area contributed by atoms with E-state index in [0.717, 1.165) is 33.0 Å². The molecule has 0 radical (unpaired) electrons. The lowest BCUT2D eigenvalue weighted by Gasteiger charge is -2.42. The minimum atomic E-state index is -1.44. The van der Waals surface area contributed by atoms with Crippen LogP contribution in [0.5, 0.6) is 0 Å². The maximum absolute atomic E-state index is 12.9. The average Bonchev–Trinajstić information content (AvgIpc) is 3.56. The van der Waals surface area contributed by atoms with Gasteiger partial charge in [-0.2, -0.15) is 0 Å². The first-order valence-electron chi connectivity index (χ1n) is 14.8. The van der Waals surface area contributed by atoms with Crippen molar-refractivity contribution in [3.05, 3.63) is 168 Å². The van der Waals surface area contributed by atoms with E-state index in [4.69, 9.17) is 4.98 Å². The largest absolute Gasteiger partial charge is 0.377 e. The number of imidazole rings is 1. The molecule has 6 aromatic rings. The van der Waals surface area contributed by atoms with Crippen LogP contribution in [-0.4, -0.2) is 27.7 Å². The third-order valence-corrected chi connectivity index (χ3v) is 8.52. The molecule has 1 heterocycles. The van der Waals surface area contributed by atoms with Gasteiger partial charge in [0, 0.05) is 25.1 Å². The van der Waals surface area contributed by atoms with Crippen molar-refractivity contribution >= 4 is 22.5 Å². The van der Waals surface area contributed by atoms with E-state index in [0.29, 0.717) is 11.5 Å². The standard InChI is InChI=1S/C38H36N4O2/c1-27(2)38(44,33-21-19-29-26-34(41-36(43)39-3)22-20-28(29)25-33)35-40-23-24-42(35)37(30-13-7-4-8-14-30,31-15-9-5-10-16-31)32-17-11-6-12-18-32/h4-27,44H,1-3H3,(H2,39,41,43). The normalized spacial score (nSPS) is 13.0. The van der Waals surface area contributed by atoms with Crippen LogP contribution in [0, 0.1) is 5.92 Å². The number of nitrogens with zero attached hydrogens (tertiary/aromatic N) is 2. The summed E-state index contributed by atoms with van der Waals surface area (Å²) in [6.07, 6.45) is 3.76. The molecule has 3 N–H and O–H groups in total. The Morgan fingerprint density at radius 3 is 1.77 bits per heavy atom. The fourth-order valence-corrected chi connectivity index (χ4v) is 6.29. The van der Waals surface area contributed by atoms with Crippen molar-refractivity contribution < 1.29 is 9.90 Å². The van der Waals surface area contributed by atoms with Crippen LogP contribution in [0.3, 0.4) is 0 Å². The van der Waals surface area contributed by atoms with E-state index < -0.39 is 11.1 Å². The first kappa shape index (κ1) is 28.9. The lowest BCUT2D eigenvalue weighted by Crippen LogP contribution is -2.44. The third kappa shape index (κ3) is 4.83. The first-order chi connectivity index (χ1) is 21.4. The summed E-state index contributed by atoms with van der Waals surface area (Å²) in [6, 6.07) is 42.6. The Labute approximate surface area is 258 Å². The van der Waals surface area contributed by atoms with Gasteiger partial charge in [-0.25, -0.2) is 9.78 Å². The van der Waals surface area contributed by atoms with E-state index in [2.05, 4.69) is 88.0 Å². The van der Waals surface area contributed by atoms with Crippen LogP contribution in [0.25, 0.3) is 10.8 Å². The van der Waals surface area contributed by atoms with Gasteiger partial charge in [-0.05, 0) is 57.1 Å². The quantitative estimate of drug-likeness (QED) is 0.163. The van der Waals surface area contributed by atoms with E-state index in [1.54, 1.807) is 13.2 Å². The number of benzene rings is 5. The molecule has 1 atom stereocenters. The topological polar surface area (TPSA) is 79.2 Å². The van der Waals surface area contributed by atoms with Gasteiger partial charge in [0.1, 0.15) is 17.0 Å². The fourth-order valence-electron chi connectivity index (χ4n) is 6.29. The molecule has 0 aliphatic heterocycles. The Morgan fingerprint density at radius 2 is 1.25 bits per heavy atom. The minimum Gasteiger partial charge on any atom is -0.377 e. The van der Waals surface area contributed by atoms with Crippen molar-refractivity contribution in [3.8, 4) is 0 Å². The molecule has 0 spiro atoms. The van der Waals surface area contributed by atoms with Gasteiger partial charge < -0.3 is 20.3 Å². The molecular formula is C38H36N4O2. The zero-order valence-corrected chi connectivity index (χ0v) is 25.1. The monoisotopic (exact) mass is 580 g/mol. The molecule has 6 nitrogen and oxygen atoms in total. The molecule has 0 aliphatic rings. The summed E-state index contributed by atoms with van der Waals surface area (Å²) < 4.78 is 2.15. The van der Waals surface area contributed by atoms with Gasteiger partial charge in [-0.15, -0.1) is 0 Å². The molecule has 1 unspecified atom stereocenters. The second-order valence-corrected chi connectivity index (χ2v) is 11.3. The molecule has 0 bridgehead atoms. The van der Waals surface area contributed by atoms with Crippen molar-refractivity contribution in [3.63, 3.8) is 0 Å². The molecule has 1 aromatic heterocycles. The van der Waals surface area contributed by atoms with Crippen LogP contribution < -0.4 is 10.6 Å². The summed E-state index contributed by atoms with van der Waals surface area (Å²) in [5, 5.41) is 20.2. The van der Waals surface area contributed by atoms with E-state index in [1.807, 2.05) is 74.6 Å². The van der Waals surface area contributed by atoms with Crippen molar-refractivity contribution in [2.75, 3.05) is 12.4 Å². The fraction of sp³-hybridized carbons (Fsp3) is 0.158. The molecule has 5 aromatic carbocycles. The van der Waals surface area contributed by atoms with Gasteiger partial charge in [0.25, 0.3) is 0 Å². The van der Waals surface area contributed by atoms with Crippen molar-refractivity contribution in [2.45, 2.75) is 25.0 Å². The molecule has 0 fully saturated rings. The van der Waals surface area contributed by atoms with Crippen LogP contribution in [0.15, 0.2) is 140 Å². The number of hydrogen-bond acceptors (Lipinski definition) is 3. The maximum Gasteiger partial charge on any atom is 0.318 e. The highest BCUT2D eigenvalue weighted by molar-refractivity contribution is 5.93. The van der Waals surface area contributed by atoms with E-state index in [1.165, 1.54) is 0 Å². The zero-order chi connectivity index (χ0) is 30.7. The van der Waals surface area contributed by atoms with Gasteiger partial charge >= 0.3 is 6.03 Å². The average molecular weight is 581 g/mol. The molecule has 2 amide bonds. The number of rotatable bonds is 8. The number of carbonyl (C=O) groups is 1. The number of nitrogens with one attached hydrogen (secondary N) is 2. The highest BCUT2D eigenvalue weighted by atomic mass is 16.3. The maximum atomic E-state index is 12.9. The van der Waals surface area contributed by atoms with Crippen molar-refractivity contribution in [2.24, 2.45) is 5.92 Å². The van der Waals surface area contributed by atoms with Crippen molar-refractivity contribution in [1.82, 2.24) is 14.9 Å². The molecule has 0 saturated heterocycles. The van der Waals surface area contributed by atoms with Gasteiger partial charge in [0.2, 0.25) is 0 Å². The summed E-state index contributed by atoms with van der Waals surface area (Å²) in [7, 11) is 1.58. The number of aliphatic hydroxyl groups is 1. The predicted octanol–water partition coefficient (Wildman–Crippen LogP) is 7.52. The van der Waals surface area contributed by atoms with Crippen LogP contribution in [0.4, 0.5) is 10.5 Å².